The summed E-state index contributed by atoms with van der Waals surface area (Å²) in [5.41, 5.74) is 0.927. The molecule has 0 bridgehead atoms. The summed E-state index contributed by atoms with van der Waals surface area (Å²) in [6.45, 7) is 4.12. The van der Waals surface area contributed by atoms with Gasteiger partial charge in [0.25, 0.3) is 0 Å². The minimum atomic E-state index is -3.59. The summed E-state index contributed by atoms with van der Waals surface area (Å²) in [5, 5.41) is 4.87. The molecule has 34 heavy (non-hydrogen) atoms. The van der Waals surface area contributed by atoms with E-state index in [0.29, 0.717) is 49.1 Å². The topological polar surface area (TPSA) is 88.2 Å². The molecule has 3 aromatic carbocycles. The van der Waals surface area contributed by atoms with Gasteiger partial charge in [-0.05, 0) is 47.5 Å². The Labute approximate surface area is 199 Å². The summed E-state index contributed by atoms with van der Waals surface area (Å²) in [4.78, 5) is 15.0. The van der Waals surface area contributed by atoms with Gasteiger partial charge in [-0.1, -0.05) is 36.4 Å². The summed E-state index contributed by atoms with van der Waals surface area (Å²) >= 11 is 0. The quantitative estimate of drug-likeness (QED) is 0.582. The van der Waals surface area contributed by atoms with Crippen LogP contribution >= 0.6 is 0 Å². The molecule has 1 atom stereocenters. The lowest BCUT2D eigenvalue weighted by atomic mass is 10.1. The van der Waals surface area contributed by atoms with Crippen LogP contribution in [0.15, 0.2) is 65.6 Å². The Morgan fingerprint density at radius 3 is 2.47 bits per heavy atom. The zero-order chi connectivity index (χ0) is 23.7. The van der Waals surface area contributed by atoms with Gasteiger partial charge in [-0.2, -0.15) is 4.31 Å². The van der Waals surface area contributed by atoms with E-state index in [4.69, 9.17) is 9.47 Å². The van der Waals surface area contributed by atoms with Crippen molar-refractivity contribution in [1.82, 2.24) is 14.5 Å². The van der Waals surface area contributed by atoms with Crippen LogP contribution in [0.3, 0.4) is 0 Å². The predicted octanol–water partition coefficient (Wildman–Crippen LogP) is 2.58. The Hall–Kier alpha value is -3.14. The highest BCUT2D eigenvalue weighted by molar-refractivity contribution is 7.89. The van der Waals surface area contributed by atoms with Crippen molar-refractivity contribution in [3.05, 3.63) is 66.2 Å². The van der Waals surface area contributed by atoms with E-state index in [1.807, 2.05) is 60.4 Å². The molecule has 2 aliphatic rings. The van der Waals surface area contributed by atoms with Crippen molar-refractivity contribution in [2.45, 2.75) is 24.4 Å². The van der Waals surface area contributed by atoms with Crippen molar-refractivity contribution in [2.75, 3.05) is 33.0 Å². The fourth-order valence-electron chi connectivity index (χ4n) is 4.36. The van der Waals surface area contributed by atoms with Crippen molar-refractivity contribution in [2.24, 2.45) is 0 Å². The predicted molar refractivity (Wildman–Crippen MR) is 128 cm³/mol. The molecule has 1 N–H and O–H groups in total. The number of fused-ring (bicyclic) bond motifs is 2. The normalized spacial score (nSPS) is 17.6. The molecule has 2 aliphatic heterocycles. The summed E-state index contributed by atoms with van der Waals surface area (Å²) in [6, 6.07) is 18.2. The van der Waals surface area contributed by atoms with Gasteiger partial charge < -0.3 is 14.8 Å². The number of carbonyl (C=O) groups excluding carboxylic acids is 1. The van der Waals surface area contributed by atoms with E-state index in [1.54, 1.807) is 12.1 Å². The van der Waals surface area contributed by atoms with Gasteiger partial charge in [0.15, 0.2) is 11.5 Å². The molecule has 1 fully saturated rings. The van der Waals surface area contributed by atoms with Gasteiger partial charge in [0.05, 0.1) is 10.9 Å². The lowest BCUT2D eigenvalue weighted by Crippen LogP contribution is -2.54. The Balaban J connectivity index is 1.17. The molecular formula is C25H27N3O5S. The largest absolute Gasteiger partial charge is 0.454 e. The Morgan fingerprint density at radius 1 is 0.941 bits per heavy atom. The first kappa shape index (κ1) is 22.6. The molecule has 1 unspecified atom stereocenters. The maximum Gasteiger partial charge on any atom is 0.243 e. The van der Waals surface area contributed by atoms with Gasteiger partial charge in [0, 0.05) is 32.7 Å². The Kier molecular flexibility index (Phi) is 6.16. The highest BCUT2D eigenvalue weighted by Gasteiger charge is 2.32. The van der Waals surface area contributed by atoms with Crippen LogP contribution in [-0.4, -0.2) is 62.5 Å². The fraction of sp³-hybridized carbons (Fsp3) is 0.320. The first-order valence-electron chi connectivity index (χ1n) is 11.3. The Bertz CT molecular complexity index is 1320. The average Bonchev–Trinajstić information content (AvgIpc) is 3.34. The summed E-state index contributed by atoms with van der Waals surface area (Å²) < 4.78 is 38.6. The molecule has 0 radical (unpaired) electrons. The number of hydrogen-bond donors (Lipinski definition) is 1. The second-order valence-electron chi connectivity index (χ2n) is 8.53. The van der Waals surface area contributed by atoms with Crippen LogP contribution in [0.5, 0.6) is 11.5 Å². The van der Waals surface area contributed by atoms with Crippen LogP contribution in [0.25, 0.3) is 10.8 Å². The first-order chi connectivity index (χ1) is 16.4. The lowest BCUT2D eigenvalue weighted by molar-refractivity contribution is -0.126. The molecule has 5 rings (SSSR count). The van der Waals surface area contributed by atoms with E-state index in [-0.39, 0.29) is 18.7 Å². The van der Waals surface area contributed by atoms with E-state index in [9.17, 15) is 13.2 Å². The van der Waals surface area contributed by atoms with Crippen molar-refractivity contribution in [1.29, 1.82) is 0 Å². The zero-order valence-corrected chi connectivity index (χ0v) is 19.8. The van der Waals surface area contributed by atoms with Crippen LogP contribution in [0.1, 0.15) is 12.5 Å². The monoisotopic (exact) mass is 481 g/mol. The molecule has 0 spiro atoms. The van der Waals surface area contributed by atoms with E-state index >= 15 is 0 Å². The standard InChI is InChI=1S/C25H27N3O5S/c1-18(25(29)26-16-19-6-9-23-24(14-19)33-17-32-23)27-10-12-28(13-11-27)34(30,31)22-8-7-20-4-2-3-5-21(20)15-22/h2-9,14-15,18H,10-13,16-17H2,1H3,(H,26,29). The van der Waals surface area contributed by atoms with Gasteiger partial charge in [-0.3, -0.25) is 9.69 Å². The SMILES string of the molecule is CC(C(=O)NCc1ccc2c(c1)OCO2)N1CCN(S(=O)(=O)c2ccc3ccccc3c2)CC1. The van der Waals surface area contributed by atoms with Crippen LogP contribution in [0.4, 0.5) is 0 Å². The van der Waals surface area contributed by atoms with Crippen LogP contribution in [-0.2, 0) is 21.4 Å². The number of rotatable bonds is 6. The second-order valence-corrected chi connectivity index (χ2v) is 10.5. The molecule has 8 nitrogen and oxygen atoms in total. The molecule has 0 aliphatic carbocycles. The molecular weight excluding hydrogens is 454 g/mol. The summed E-state index contributed by atoms with van der Waals surface area (Å²) in [5.74, 6) is 1.30. The lowest BCUT2D eigenvalue weighted by Gasteiger charge is -2.36. The number of benzene rings is 3. The van der Waals surface area contributed by atoms with Crippen molar-refractivity contribution >= 4 is 26.7 Å². The van der Waals surface area contributed by atoms with Gasteiger partial charge in [-0.15, -0.1) is 0 Å². The molecule has 178 valence electrons. The number of carbonyl (C=O) groups is 1. The number of hydrogen-bond acceptors (Lipinski definition) is 6. The first-order valence-corrected chi connectivity index (χ1v) is 12.7. The minimum absolute atomic E-state index is 0.0940. The van der Waals surface area contributed by atoms with Crippen molar-refractivity contribution < 1.29 is 22.7 Å². The second kappa shape index (κ2) is 9.25. The average molecular weight is 482 g/mol. The van der Waals surface area contributed by atoms with Crippen LogP contribution < -0.4 is 14.8 Å². The third-order valence-corrected chi connectivity index (χ3v) is 8.36. The fourth-order valence-corrected chi connectivity index (χ4v) is 5.82. The molecule has 3 aromatic rings. The third kappa shape index (κ3) is 4.46. The number of amides is 1. The Morgan fingerprint density at radius 2 is 1.68 bits per heavy atom. The van der Waals surface area contributed by atoms with Crippen LogP contribution in [0.2, 0.25) is 0 Å². The highest BCUT2D eigenvalue weighted by Crippen LogP contribution is 2.32. The van der Waals surface area contributed by atoms with Crippen LogP contribution in [0, 0.1) is 0 Å². The van der Waals surface area contributed by atoms with E-state index in [0.717, 1.165) is 16.3 Å². The van der Waals surface area contributed by atoms with Crippen molar-refractivity contribution in [3.8, 4) is 11.5 Å². The van der Waals surface area contributed by atoms with E-state index in [2.05, 4.69) is 5.32 Å². The molecule has 0 aromatic heterocycles. The van der Waals surface area contributed by atoms with Crippen molar-refractivity contribution in [3.63, 3.8) is 0 Å². The molecule has 0 saturated carbocycles. The van der Waals surface area contributed by atoms with Gasteiger partial charge >= 0.3 is 0 Å². The molecule has 1 amide bonds. The smallest absolute Gasteiger partial charge is 0.243 e. The number of nitrogens with one attached hydrogen (secondary N) is 1. The summed E-state index contributed by atoms with van der Waals surface area (Å²) in [7, 11) is -3.59. The van der Waals surface area contributed by atoms with E-state index < -0.39 is 10.0 Å². The minimum Gasteiger partial charge on any atom is -0.454 e. The molecule has 1 saturated heterocycles. The number of ether oxygens (including phenoxy) is 2. The van der Waals surface area contributed by atoms with E-state index in [1.165, 1.54) is 4.31 Å². The third-order valence-electron chi connectivity index (χ3n) is 6.46. The maximum absolute atomic E-state index is 13.2. The number of nitrogens with zero attached hydrogens (tertiary/aromatic N) is 2. The number of piperazine rings is 1. The van der Waals surface area contributed by atoms with Gasteiger partial charge in [-0.25, -0.2) is 8.42 Å². The van der Waals surface area contributed by atoms with Gasteiger partial charge in [0.1, 0.15) is 0 Å². The summed E-state index contributed by atoms with van der Waals surface area (Å²) in [6.07, 6.45) is 0. The zero-order valence-electron chi connectivity index (χ0n) is 18.9. The number of sulfonamides is 1. The van der Waals surface area contributed by atoms with Gasteiger partial charge in [0.2, 0.25) is 22.7 Å². The highest BCUT2D eigenvalue weighted by atomic mass is 32.2. The molecule has 9 heteroatoms. The maximum atomic E-state index is 13.2. The molecule has 2 heterocycles.